The van der Waals surface area contributed by atoms with Crippen molar-refractivity contribution in [3.8, 4) is 5.75 Å². The van der Waals surface area contributed by atoms with Gasteiger partial charge in [-0.15, -0.1) is 0 Å². The van der Waals surface area contributed by atoms with Crippen LogP contribution in [0.25, 0.3) is 5.57 Å². The summed E-state index contributed by atoms with van der Waals surface area (Å²) in [5.74, 6) is -0.141. The number of para-hydroxylation sites is 1. The number of imide groups is 1. The molecule has 5 nitrogen and oxygen atoms in total. The van der Waals surface area contributed by atoms with Gasteiger partial charge in [0.25, 0.3) is 11.8 Å². The van der Waals surface area contributed by atoms with Gasteiger partial charge in [0.05, 0.1) is 23.3 Å². The summed E-state index contributed by atoms with van der Waals surface area (Å²) in [6.45, 7) is 0. The van der Waals surface area contributed by atoms with E-state index >= 15 is 0 Å². The first kappa shape index (κ1) is 20.8. The molecular weight excluding hydrogens is 408 g/mol. The van der Waals surface area contributed by atoms with Gasteiger partial charge in [-0.1, -0.05) is 48.2 Å². The van der Waals surface area contributed by atoms with Gasteiger partial charge in [0.1, 0.15) is 5.75 Å². The van der Waals surface area contributed by atoms with Gasteiger partial charge in [-0.3, -0.25) is 9.59 Å². The maximum atomic E-state index is 13.6. The molecular formula is C25H22N2O3S. The van der Waals surface area contributed by atoms with Crippen LogP contribution in [0.3, 0.4) is 0 Å². The zero-order valence-electron chi connectivity index (χ0n) is 17.5. The maximum absolute atomic E-state index is 13.6. The highest BCUT2D eigenvalue weighted by Crippen LogP contribution is 2.43. The lowest BCUT2D eigenvalue weighted by molar-refractivity contribution is -0.119. The summed E-state index contributed by atoms with van der Waals surface area (Å²) in [6, 6.07) is 24.2. The topological polar surface area (TPSA) is 49.9 Å². The number of amides is 2. The third-order valence-electron chi connectivity index (χ3n) is 5.01. The summed E-state index contributed by atoms with van der Waals surface area (Å²) in [6.07, 6.45) is 0. The molecule has 1 aliphatic heterocycles. The summed E-state index contributed by atoms with van der Waals surface area (Å²) in [4.78, 5) is 31.5. The number of hydrogen-bond acceptors (Lipinski definition) is 5. The van der Waals surface area contributed by atoms with Gasteiger partial charge in [-0.25, -0.2) is 4.90 Å². The van der Waals surface area contributed by atoms with Crippen molar-refractivity contribution in [2.75, 3.05) is 31.0 Å². The number of ether oxygens (including phenoxy) is 1. The Hall–Kier alpha value is -3.51. The predicted octanol–water partition coefficient (Wildman–Crippen LogP) is 4.84. The highest BCUT2D eigenvalue weighted by molar-refractivity contribution is 8.04. The van der Waals surface area contributed by atoms with Crippen LogP contribution in [-0.4, -0.2) is 33.0 Å². The molecule has 3 aromatic rings. The standard InChI is InChI=1S/C25H22N2O3S/c1-26(2)17-13-15-18(16-14-17)27-24(28)22(20-11-7-8-12-21(20)30-3)23(25(27)29)31-19-9-5-4-6-10-19/h4-16H,1-3H3. The largest absolute Gasteiger partial charge is 0.496 e. The van der Waals surface area contributed by atoms with E-state index in [0.29, 0.717) is 27.5 Å². The molecule has 1 aliphatic rings. The first-order valence-electron chi connectivity index (χ1n) is 9.78. The molecule has 1 heterocycles. The van der Waals surface area contributed by atoms with Crippen molar-refractivity contribution in [1.82, 2.24) is 0 Å². The van der Waals surface area contributed by atoms with E-state index in [0.717, 1.165) is 10.6 Å². The Kier molecular flexibility index (Phi) is 5.82. The normalized spacial score (nSPS) is 13.7. The van der Waals surface area contributed by atoms with E-state index in [9.17, 15) is 9.59 Å². The molecule has 0 unspecified atom stereocenters. The summed E-state index contributed by atoms with van der Waals surface area (Å²) in [5.41, 5.74) is 2.48. The van der Waals surface area contributed by atoms with Crippen LogP contribution in [0.5, 0.6) is 5.75 Å². The average molecular weight is 431 g/mol. The van der Waals surface area contributed by atoms with Crippen LogP contribution in [0.15, 0.2) is 88.7 Å². The van der Waals surface area contributed by atoms with Crippen molar-refractivity contribution in [3.63, 3.8) is 0 Å². The Balaban J connectivity index is 1.82. The molecule has 31 heavy (non-hydrogen) atoms. The number of carbonyl (C=O) groups is 2. The average Bonchev–Trinajstić information content (AvgIpc) is 3.03. The lowest BCUT2D eigenvalue weighted by atomic mass is 10.0. The molecule has 2 amide bonds. The molecule has 3 aromatic carbocycles. The molecule has 0 spiro atoms. The van der Waals surface area contributed by atoms with E-state index in [2.05, 4.69) is 0 Å². The van der Waals surface area contributed by atoms with Crippen molar-refractivity contribution in [1.29, 1.82) is 0 Å². The minimum absolute atomic E-state index is 0.336. The Morgan fingerprint density at radius 1 is 0.806 bits per heavy atom. The Bertz CT molecular complexity index is 1150. The van der Waals surface area contributed by atoms with Gasteiger partial charge in [0.15, 0.2) is 0 Å². The van der Waals surface area contributed by atoms with E-state index in [4.69, 9.17) is 4.74 Å². The highest BCUT2D eigenvalue weighted by Gasteiger charge is 2.41. The quantitative estimate of drug-likeness (QED) is 0.524. The van der Waals surface area contributed by atoms with E-state index < -0.39 is 0 Å². The van der Waals surface area contributed by atoms with Crippen LogP contribution in [0.2, 0.25) is 0 Å². The first-order chi connectivity index (χ1) is 15.0. The number of methoxy groups -OCH3 is 1. The zero-order valence-corrected chi connectivity index (χ0v) is 18.3. The smallest absolute Gasteiger partial charge is 0.272 e. The van der Waals surface area contributed by atoms with Gasteiger partial charge in [0, 0.05) is 30.2 Å². The number of carbonyl (C=O) groups excluding carboxylic acids is 2. The van der Waals surface area contributed by atoms with Crippen LogP contribution in [0.4, 0.5) is 11.4 Å². The van der Waals surface area contributed by atoms with Gasteiger partial charge in [-0.05, 0) is 42.5 Å². The number of benzene rings is 3. The van der Waals surface area contributed by atoms with E-state index in [1.165, 1.54) is 16.7 Å². The van der Waals surface area contributed by atoms with Gasteiger partial charge >= 0.3 is 0 Å². The van der Waals surface area contributed by atoms with Crippen molar-refractivity contribution in [3.05, 3.63) is 89.3 Å². The molecule has 0 radical (unpaired) electrons. The van der Waals surface area contributed by atoms with Crippen molar-refractivity contribution >= 4 is 40.5 Å². The summed E-state index contributed by atoms with van der Waals surface area (Å²) >= 11 is 1.30. The molecule has 156 valence electrons. The molecule has 6 heteroatoms. The van der Waals surface area contributed by atoms with Crippen molar-refractivity contribution in [2.45, 2.75) is 4.90 Å². The van der Waals surface area contributed by atoms with E-state index in [-0.39, 0.29) is 11.8 Å². The van der Waals surface area contributed by atoms with Gasteiger partial charge in [0.2, 0.25) is 0 Å². The number of nitrogens with zero attached hydrogens (tertiary/aromatic N) is 2. The Morgan fingerprint density at radius 2 is 1.45 bits per heavy atom. The molecule has 0 bridgehead atoms. The zero-order chi connectivity index (χ0) is 22.0. The summed E-state index contributed by atoms with van der Waals surface area (Å²) in [7, 11) is 5.44. The molecule has 0 fully saturated rings. The van der Waals surface area contributed by atoms with Crippen LogP contribution in [0, 0.1) is 0 Å². The second-order valence-electron chi connectivity index (χ2n) is 7.18. The number of thioether (sulfide) groups is 1. The monoisotopic (exact) mass is 430 g/mol. The van der Waals surface area contributed by atoms with Gasteiger partial charge in [-0.2, -0.15) is 0 Å². The Labute approximate surface area is 185 Å². The molecule has 0 aromatic heterocycles. The first-order valence-corrected chi connectivity index (χ1v) is 10.6. The molecule has 4 rings (SSSR count). The number of rotatable bonds is 6. The van der Waals surface area contributed by atoms with Crippen molar-refractivity contribution in [2.24, 2.45) is 0 Å². The van der Waals surface area contributed by atoms with Crippen LogP contribution < -0.4 is 14.5 Å². The fraction of sp³-hybridized carbons (Fsp3) is 0.120. The minimum atomic E-state index is -0.356. The third-order valence-corrected chi connectivity index (χ3v) is 6.10. The third kappa shape index (κ3) is 3.94. The summed E-state index contributed by atoms with van der Waals surface area (Å²) < 4.78 is 5.49. The van der Waals surface area contributed by atoms with Crippen LogP contribution in [0.1, 0.15) is 5.56 Å². The number of hydrogen-bond donors (Lipinski definition) is 0. The minimum Gasteiger partial charge on any atom is -0.496 e. The van der Waals surface area contributed by atoms with Crippen LogP contribution >= 0.6 is 11.8 Å². The fourth-order valence-electron chi connectivity index (χ4n) is 3.43. The van der Waals surface area contributed by atoms with Crippen molar-refractivity contribution < 1.29 is 14.3 Å². The highest BCUT2D eigenvalue weighted by atomic mass is 32.2. The van der Waals surface area contributed by atoms with E-state index in [1.54, 1.807) is 25.3 Å². The molecule has 0 saturated carbocycles. The van der Waals surface area contributed by atoms with E-state index in [1.807, 2.05) is 79.7 Å². The molecule has 0 atom stereocenters. The molecule has 0 N–H and O–H groups in total. The lowest BCUT2D eigenvalue weighted by Gasteiger charge is -2.18. The predicted molar refractivity (Wildman–Crippen MR) is 125 cm³/mol. The summed E-state index contributed by atoms with van der Waals surface area (Å²) in [5, 5.41) is 0. The number of anilines is 2. The van der Waals surface area contributed by atoms with Crippen LogP contribution in [-0.2, 0) is 9.59 Å². The Morgan fingerprint density at radius 3 is 2.10 bits per heavy atom. The fourth-order valence-corrected chi connectivity index (χ4v) is 4.44. The SMILES string of the molecule is COc1ccccc1C1=C(Sc2ccccc2)C(=O)N(c2ccc(N(C)C)cc2)C1=O. The van der Waals surface area contributed by atoms with Gasteiger partial charge < -0.3 is 9.64 Å². The second-order valence-corrected chi connectivity index (χ2v) is 8.26. The lowest BCUT2D eigenvalue weighted by Crippen LogP contribution is -2.31. The molecule has 0 aliphatic carbocycles. The molecule has 0 saturated heterocycles. The second kappa shape index (κ2) is 8.70. The maximum Gasteiger partial charge on any atom is 0.272 e.